The van der Waals surface area contributed by atoms with E-state index in [1.54, 1.807) is 0 Å². The minimum atomic E-state index is -0.286. The number of hydrogen-bond acceptors (Lipinski definition) is 3. The number of pyridine rings is 1. The molecule has 5 rings (SSSR count). The van der Waals surface area contributed by atoms with Gasteiger partial charge in [-0.3, -0.25) is 4.79 Å². The number of nitrogens with zero attached hydrogens (tertiary/aromatic N) is 2. The first kappa shape index (κ1) is 18.6. The molecule has 150 valence electrons. The van der Waals surface area contributed by atoms with E-state index in [0.717, 1.165) is 45.9 Å². The Morgan fingerprint density at radius 2 is 1.77 bits per heavy atom. The van der Waals surface area contributed by atoms with E-state index in [4.69, 9.17) is 4.98 Å². The lowest BCUT2D eigenvalue weighted by molar-refractivity contribution is 0.0950. The molecule has 1 amide bonds. The molecule has 2 aromatic heterocycles. The molecule has 0 bridgehead atoms. The van der Waals surface area contributed by atoms with Gasteiger partial charge in [0.05, 0.1) is 11.2 Å². The van der Waals surface area contributed by atoms with Gasteiger partial charge < -0.3 is 4.98 Å². The molecular formula is C25H24N4O. The fraction of sp³-hybridized carbons (Fsp3) is 0.240. The summed E-state index contributed by atoms with van der Waals surface area (Å²) in [7, 11) is 0. The molecule has 0 unspecified atom stereocenters. The molecule has 2 N–H and O–H groups in total. The molecule has 2 heterocycles. The smallest absolute Gasteiger partial charge is 0.289 e. The number of aromatic amines is 1. The van der Waals surface area contributed by atoms with Crippen LogP contribution < -0.4 is 5.43 Å². The summed E-state index contributed by atoms with van der Waals surface area (Å²) >= 11 is 0. The Balaban J connectivity index is 1.54. The zero-order valence-electron chi connectivity index (χ0n) is 16.8. The molecule has 0 aliphatic heterocycles. The largest absolute Gasteiger partial charge is 0.353 e. The van der Waals surface area contributed by atoms with Crippen LogP contribution in [0, 0.1) is 5.92 Å². The van der Waals surface area contributed by atoms with E-state index < -0.39 is 0 Å². The van der Waals surface area contributed by atoms with Crippen LogP contribution in [-0.2, 0) is 0 Å². The number of carbonyl (C=O) groups excluding carboxylic acids is 1. The number of aromatic nitrogens is 2. The summed E-state index contributed by atoms with van der Waals surface area (Å²) in [5.41, 5.74) is 6.75. The van der Waals surface area contributed by atoms with Gasteiger partial charge in [0.2, 0.25) is 0 Å². The van der Waals surface area contributed by atoms with E-state index >= 15 is 0 Å². The van der Waals surface area contributed by atoms with Gasteiger partial charge >= 0.3 is 0 Å². The number of carbonyl (C=O) groups is 1. The predicted molar refractivity (Wildman–Crippen MR) is 122 cm³/mol. The van der Waals surface area contributed by atoms with Gasteiger partial charge in [-0.2, -0.15) is 5.10 Å². The Morgan fingerprint density at radius 3 is 2.60 bits per heavy atom. The van der Waals surface area contributed by atoms with Crippen molar-refractivity contribution in [2.24, 2.45) is 11.0 Å². The van der Waals surface area contributed by atoms with Crippen LogP contribution in [0.15, 0.2) is 65.8 Å². The van der Waals surface area contributed by atoms with Crippen molar-refractivity contribution in [3.05, 3.63) is 66.4 Å². The van der Waals surface area contributed by atoms with Crippen LogP contribution in [0.1, 0.15) is 42.6 Å². The third-order valence-electron chi connectivity index (χ3n) is 5.88. The first-order chi connectivity index (χ1) is 14.8. The molecule has 5 nitrogen and oxygen atoms in total. The number of rotatable bonds is 4. The third-order valence-corrected chi connectivity index (χ3v) is 5.88. The van der Waals surface area contributed by atoms with Gasteiger partial charge in [0.15, 0.2) is 0 Å². The van der Waals surface area contributed by atoms with Crippen LogP contribution in [0.5, 0.6) is 0 Å². The van der Waals surface area contributed by atoms with E-state index in [0.29, 0.717) is 11.6 Å². The normalized spacial score (nSPS) is 15.2. The van der Waals surface area contributed by atoms with Crippen LogP contribution in [0.4, 0.5) is 0 Å². The van der Waals surface area contributed by atoms with Crippen LogP contribution in [0.25, 0.3) is 33.1 Å². The summed E-state index contributed by atoms with van der Waals surface area (Å²) in [6.07, 6.45) is 7.97. The highest BCUT2D eigenvalue weighted by Gasteiger charge is 2.17. The number of para-hydroxylation sites is 1. The lowest BCUT2D eigenvalue weighted by atomic mass is 9.90. The highest BCUT2D eigenvalue weighted by molar-refractivity contribution is 6.13. The molecule has 0 saturated heterocycles. The summed E-state index contributed by atoms with van der Waals surface area (Å²) in [5, 5.41) is 6.29. The first-order valence-electron chi connectivity index (χ1n) is 10.6. The van der Waals surface area contributed by atoms with Crippen molar-refractivity contribution in [3.8, 4) is 11.3 Å². The summed E-state index contributed by atoms with van der Waals surface area (Å²) < 4.78 is 0. The van der Waals surface area contributed by atoms with Crippen LogP contribution >= 0.6 is 0 Å². The Bertz CT molecular complexity index is 1220. The average Bonchev–Trinajstić information content (AvgIpc) is 3.18. The SMILES string of the molecule is O=C(N/N=C/C1CCCCC1)c1cc2c([nH]c3ccccc32)c(-c2ccccc2)n1. The van der Waals surface area contributed by atoms with Gasteiger partial charge in [0.1, 0.15) is 5.69 Å². The average molecular weight is 396 g/mol. The standard InChI is InChI=1S/C25H24N4O/c30-25(29-26-16-17-9-3-1-4-10-17)22-15-20-19-13-7-8-14-21(19)27-24(20)23(28-22)18-11-5-2-6-12-18/h2,5-8,11-17,27H,1,3-4,9-10H2,(H,29,30)/b26-16+. The molecular weight excluding hydrogens is 372 g/mol. The number of H-pyrrole nitrogens is 1. The molecule has 1 aliphatic rings. The van der Waals surface area contributed by atoms with E-state index in [1.165, 1.54) is 19.3 Å². The van der Waals surface area contributed by atoms with E-state index in [2.05, 4.69) is 21.6 Å². The second-order valence-corrected chi connectivity index (χ2v) is 7.93. The minimum absolute atomic E-state index is 0.286. The van der Waals surface area contributed by atoms with Gasteiger partial charge in [-0.1, -0.05) is 67.8 Å². The van der Waals surface area contributed by atoms with Gasteiger partial charge in [0.25, 0.3) is 5.91 Å². The van der Waals surface area contributed by atoms with Crippen molar-refractivity contribution < 1.29 is 4.79 Å². The van der Waals surface area contributed by atoms with Gasteiger partial charge in [-0.15, -0.1) is 0 Å². The fourth-order valence-electron chi connectivity index (χ4n) is 4.31. The second-order valence-electron chi connectivity index (χ2n) is 7.93. The molecule has 1 saturated carbocycles. The fourth-order valence-corrected chi connectivity index (χ4v) is 4.31. The predicted octanol–water partition coefficient (Wildman–Crippen LogP) is 5.68. The zero-order chi connectivity index (χ0) is 20.3. The minimum Gasteiger partial charge on any atom is -0.353 e. The van der Waals surface area contributed by atoms with Crippen LogP contribution in [0.3, 0.4) is 0 Å². The number of benzene rings is 2. The number of hydrazone groups is 1. The molecule has 5 heteroatoms. The lowest BCUT2D eigenvalue weighted by Crippen LogP contribution is -2.20. The molecule has 0 atom stereocenters. The molecule has 4 aromatic rings. The van der Waals surface area contributed by atoms with Crippen molar-refractivity contribution in [2.45, 2.75) is 32.1 Å². The summed E-state index contributed by atoms with van der Waals surface area (Å²) in [6, 6.07) is 19.9. The van der Waals surface area contributed by atoms with E-state index in [-0.39, 0.29) is 5.91 Å². The quantitative estimate of drug-likeness (QED) is 0.344. The molecule has 1 fully saturated rings. The number of amides is 1. The van der Waals surface area contributed by atoms with Gasteiger partial charge in [0, 0.05) is 28.1 Å². The molecule has 2 aromatic carbocycles. The number of hydrogen-bond donors (Lipinski definition) is 2. The maximum absolute atomic E-state index is 12.9. The molecule has 30 heavy (non-hydrogen) atoms. The number of nitrogens with one attached hydrogen (secondary N) is 2. The summed E-state index contributed by atoms with van der Waals surface area (Å²) in [4.78, 5) is 21.1. The second kappa shape index (κ2) is 8.11. The topological polar surface area (TPSA) is 70.1 Å². The summed E-state index contributed by atoms with van der Waals surface area (Å²) in [6.45, 7) is 0. The van der Waals surface area contributed by atoms with Crippen molar-refractivity contribution in [1.29, 1.82) is 0 Å². The van der Waals surface area contributed by atoms with E-state index in [1.807, 2.05) is 60.8 Å². The Hall–Kier alpha value is -3.47. The maximum Gasteiger partial charge on any atom is 0.289 e. The highest BCUT2D eigenvalue weighted by Crippen LogP contribution is 2.32. The molecule has 1 aliphatic carbocycles. The Morgan fingerprint density at radius 1 is 1.00 bits per heavy atom. The lowest BCUT2D eigenvalue weighted by Gasteiger charge is -2.16. The number of fused-ring (bicyclic) bond motifs is 3. The molecule has 0 radical (unpaired) electrons. The highest BCUT2D eigenvalue weighted by atomic mass is 16.2. The van der Waals surface area contributed by atoms with Gasteiger partial charge in [-0.25, -0.2) is 10.4 Å². The van der Waals surface area contributed by atoms with Crippen molar-refractivity contribution in [2.75, 3.05) is 0 Å². The molecule has 0 spiro atoms. The maximum atomic E-state index is 12.9. The van der Waals surface area contributed by atoms with Crippen molar-refractivity contribution in [1.82, 2.24) is 15.4 Å². The van der Waals surface area contributed by atoms with Gasteiger partial charge in [-0.05, 0) is 30.9 Å². The van der Waals surface area contributed by atoms with Crippen molar-refractivity contribution in [3.63, 3.8) is 0 Å². The van der Waals surface area contributed by atoms with Crippen LogP contribution in [-0.4, -0.2) is 22.1 Å². The zero-order valence-corrected chi connectivity index (χ0v) is 16.8. The third kappa shape index (κ3) is 3.59. The monoisotopic (exact) mass is 396 g/mol. The Kier molecular flexibility index (Phi) is 5.01. The van der Waals surface area contributed by atoms with Crippen molar-refractivity contribution >= 4 is 33.9 Å². The first-order valence-corrected chi connectivity index (χ1v) is 10.6. The summed E-state index contributed by atoms with van der Waals surface area (Å²) in [5.74, 6) is 0.175. The Labute approximate surface area is 175 Å². The van der Waals surface area contributed by atoms with E-state index in [9.17, 15) is 4.79 Å². The van der Waals surface area contributed by atoms with Crippen LogP contribution in [0.2, 0.25) is 0 Å².